The number of benzene rings is 2. The molecule has 0 heterocycles. The van der Waals surface area contributed by atoms with Gasteiger partial charge >= 0.3 is 0 Å². The van der Waals surface area contributed by atoms with Crippen molar-refractivity contribution < 1.29 is 9.18 Å². The lowest BCUT2D eigenvalue weighted by Crippen LogP contribution is -2.13. The molecule has 1 amide bonds. The molecule has 0 atom stereocenters. The zero-order chi connectivity index (χ0) is 14.5. The van der Waals surface area contributed by atoms with Gasteiger partial charge in [-0.05, 0) is 37.1 Å². The van der Waals surface area contributed by atoms with Crippen LogP contribution in [-0.4, -0.2) is 5.91 Å². The Labute approximate surface area is 122 Å². The Hall–Kier alpha value is -1.87. The molecule has 0 spiro atoms. The van der Waals surface area contributed by atoms with Crippen molar-refractivity contribution in [1.82, 2.24) is 0 Å². The van der Waals surface area contributed by atoms with E-state index in [0.29, 0.717) is 17.9 Å². The minimum Gasteiger partial charge on any atom is -0.324 e. The summed E-state index contributed by atoms with van der Waals surface area (Å²) in [4.78, 5) is 11.8. The van der Waals surface area contributed by atoms with Crippen molar-refractivity contribution in [3.8, 4) is 0 Å². The van der Waals surface area contributed by atoms with Crippen LogP contribution in [0.2, 0.25) is 5.02 Å². The minimum atomic E-state index is -0.527. The van der Waals surface area contributed by atoms with Gasteiger partial charge in [0.05, 0.1) is 5.69 Å². The van der Waals surface area contributed by atoms with Gasteiger partial charge in [-0.25, -0.2) is 4.39 Å². The van der Waals surface area contributed by atoms with E-state index in [1.165, 1.54) is 17.7 Å². The molecule has 0 saturated heterocycles. The van der Waals surface area contributed by atoms with Gasteiger partial charge in [0.2, 0.25) is 5.91 Å². The van der Waals surface area contributed by atoms with Crippen molar-refractivity contribution in [3.63, 3.8) is 0 Å². The molecule has 104 valence electrons. The third-order valence-electron chi connectivity index (χ3n) is 2.97. The molecule has 0 aliphatic carbocycles. The molecule has 2 aromatic carbocycles. The zero-order valence-corrected chi connectivity index (χ0v) is 11.9. The third kappa shape index (κ3) is 4.07. The number of aryl methyl sites for hydroxylation is 2. The van der Waals surface area contributed by atoms with Crippen LogP contribution in [-0.2, 0) is 11.2 Å². The van der Waals surface area contributed by atoms with Gasteiger partial charge in [-0.2, -0.15) is 0 Å². The van der Waals surface area contributed by atoms with Crippen LogP contribution >= 0.6 is 11.6 Å². The Morgan fingerprint density at radius 1 is 1.20 bits per heavy atom. The number of carbonyl (C=O) groups excluding carboxylic acids is 1. The lowest BCUT2D eigenvalue weighted by Gasteiger charge is -2.07. The Kier molecular flexibility index (Phi) is 4.74. The van der Waals surface area contributed by atoms with Crippen LogP contribution in [0.4, 0.5) is 10.1 Å². The molecule has 0 aliphatic heterocycles. The van der Waals surface area contributed by atoms with Crippen molar-refractivity contribution in [2.24, 2.45) is 0 Å². The highest BCUT2D eigenvalue weighted by Crippen LogP contribution is 2.19. The Morgan fingerprint density at radius 3 is 2.55 bits per heavy atom. The van der Waals surface area contributed by atoms with Crippen LogP contribution in [0.25, 0.3) is 0 Å². The molecular formula is C16H15ClFNO. The van der Waals surface area contributed by atoms with E-state index >= 15 is 0 Å². The molecule has 2 aromatic rings. The topological polar surface area (TPSA) is 29.1 Å². The molecule has 0 aliphatic rings. The normalized spacial score (nSPS) is 10.3. The first-order valence-corrected chi connectivity index (χ1v) is 6.73. The summed E-state index contributed by atoms with van der Waals surface area (Å²) in [5.41, 5.74) is 2.42. The lowest BCUT2D eigenvalue weighted by atomic mass is 10.1. The third-order valence-corrected chi connectivity index (χ3v) is 3.20. The average Bonchev–Trinajstić information content (AvgIpc) is 2.41. The number of halogens is 2. The molecule has 2 nitrogen and oxygen atoms in total. The quantitative estimate of drug-likeness (QED) is 0.891. The van der Waals surface area contributed by atoms with E-state index in [9.17, 15) is 9.18 Å². The fraction of sp³-hybridized carbons (Fsp3) is 0.188. The summed E-state index contributed by atoms with van der Waals surface area (Å²) in [5.74, 6) is -0.743. The van der Waals surface area contributed by atoms with Crippen LogP contribution in [0, 0.1) is 12.7 Å². The first-order chi connectivity index (χ1) is 9.54. The first kappa shape index (κ1) is 14.5. The van der Waals surface area contributed by atoms with E-state index in [0.717, 1.165) is 5.56 Å². The van der Waals surface area contributed by atoms with Crippen molar-refractivity contribution in [1.29, 1.82) is 0 Å². The molecular weight excluding hydrogens is 277 g/mol. The second kappa shape index (κ2) is 6.53. The average molecular weight is 292 g/mol. The smallest absolute Gasteiger partial charge is 0.224 e. The fourth-order valence-electron chi connectivity index (χ4n) is 1.82. The number of carbonyl (C=O) groups is 1. The molecule has 0 fully saturated rings. The maximum atomic E-state index is 13.5. The summed E-state index contributed by atoms with van der Waals surface area (Å²) >= 11 is 5.65. The highest BCUT2D eigenvalue weighted by molar-refractivity contribution is 6.30. The Morgan fingerprint density at radius 2 is 1.90 bits per heavy atom. The van der Waals surface area contributed by atoms with Crippen LogP contribution < -0.4 is 5.32 Å². The molecule has 1 N–H and O–H groups in total. The molecule has 0 bridgehead atoms. The van der Waals surface area contributed by atoms with Crippen LogP contribution in [0.3, 0.4) is 0 Å². The molecule has 0 saturated carbocycles. The summed E-state index contributed by atoms with van der Waals surface area (Å²) < 4.78 is 13.5. The van der Waals surface area contributed by atoms with Gasteiger partial charge in [0.15, 0.2) is 0 Å². The highest BCUT2D eigenvalue weighted by Gasteiger charge is 2.07. The van der Waals surface area contributed by atoms with Crippen LogP contribution in [0.1, 0.15) is 17.5 Å². The first-order valence-electron chi connectivity index (χ1n) is 6.35. The molecule has 2 rings (SSSR count). The zero-order valence-electron chi connectivity index (χ0n) is 11.1. The molecule has 4 heteroatoms. The minimum absolute atomic E-state index is 0.156. The number of rotatable bonds is 4. The number of hydrogen-bond donors (Lipinski definition) is 1. The maximum absolute atomic E-state index is 13.5. The summed E-state index contributed by atoms with van der Waals surface area (Å²) in [5, 5.41) is 2.85. The van der Waals surface area contributed by atoms with Gasteiger partial charge in [0.25, 0.3) is 0 Å². The molecule has 0 unspecified atom stereocenters. The van der Waals surface area contributed by atoms with Crippen molar-refractivity contribution in [3.05, 3.63) is 64.4 Å². The van der Waals surface area contributed by atoms with Crippen LogP contribution in [0.5, 0.6) is 0 Å². The summed E-state index contributed by atoms with van der Waals surface area (Å²) in [7, 11) is 0. The van der Waals surface area contributed by atoms with E-state index in [1.54, 1.807) is 6.07 Å². The van der Waals surface area contributed by atoms with Crippen LogP contribution in [0.15, 0.2) is 42.5 Å². The second-order valence-electron chi connectivity index (χ2n) is 4.66. The predicted octanol–water partition coefficient (Wildman–Crippen LogP) is 4.36. The highest BCUT2D eigenvalue weighted by atomic mass is 35.5. The molecule has 0 aromatic heterocycles. The van der Waals surface area contributed by atoms with E-state index in [2.05, 4.69) is 5.32 Å². The van der Waals surface area contributed by atoms with Gasteiger partial charge in [-0.15, -0.1) is 0 Å². The van der Waals surface area contributed by atoms with Crippen molar-refractivity contribution in [2.45, 2.75) is 19.8 Å². The molecule has 20 heavy (non-hydrogen) atoms. The number of hydrogen-bond acceptors (Lipinski definition) is 1. The second-order valence-corrected chi connectivity index (χ2v) is 5.09. The number of anilines is 1. The van der Waals surface area contributed by atoms with E-state index < -0.39 is 5.82 Å². The van der Waals surface area contributed by atoms with Gasteiger partial charge in [-0.1, -0.05) is 41.4 Å². The predicted molar refractivity (Wildman–Crippen MR) is 79.5 cm³/mol. The Balaban J connectivity index is 1.90. The Bertz CT molecular complexity index is 610. The maximum Gasteiger partial charge on any atom is 0.224 e. The SMILES string of the molecule is Cc1ccc(CCC(=O)Nc2ccc(Cl)cc2F)cc1. The number of amides is 1. The number of nitrogens with one attached hydrogen (secondary N) is 1. The summed E-state index contributed by atoms with van der Waals surface area (Å²) in [6.07, 6.45) is 0.937. The summed E-state index contributed by atoms with van der Waals surface area (Å²) in [6, 6.07) is 12.2. The van der Waals surface area contributed by atoms with Gasteiger partial charge < -0.3 is 5.32 Å². The standard InChI is InChI=1S/C16H15ClFNO/c1-11-2-4-12(5-3-11)6-9-16(20)19-15-8-7-13(17)10-14(15)18/h2-5,7-8,10H,6,9H2,1H3,(H,19,20). The van der Waals surface area contributed by atoms with E-state index in [4.69, 9.17) is 11.6 Å². The van der Waals surface area contributed by atoms with Crippen molar-refractivity contribution >= 4 is 23.2 Å². The van der Waals surface area contributed by atoms with Crippen molar-refractivity contribution in [2.75, 3.05) is 5.32 Å². The summed E-state index contributed by atoms with van der Waals surface area (Å²) in [6.45, 7) is 2.01. The fourth-order valence-corrected chi connectivity index (χ4v) is 1.97. The van der Waals surface area contributed by atoms with Gasteiger partial charge in [0.1, 0.15) is 5.82 Å². The van der Waals surface area contributed by atoms with Gasteiger partial charge in [0, 0.05) is 11.4 Å². The van der Waals surface area contributed by atoms with Gasteiger partial charge in [-0.3, -0.25) is 4.79 Å². The monoisotopic (exact) mass is 291 g/mol. The van der Waals surface area contributed by atoms with E-state index in [-0.39, 0.29) is 11.6 Å². The largest absolute Gasteiger partial charge is 0.324 e. The van der Waals surface area contributed by atoms with E-state index in [1.807, 2.05) is 31.2 Å². The molecule has 0 radical (unpaired) electrons. The lowest BCUT2D eigenvalue weighted by molar-refractivity contribution is -0.116.